The van der Waals surface area contributed by atoms with Crippen LogP contribution in [-0.2, 0) is 61.9 Å². The molecule has 2 fully saturated rings. The molecule has 2 saturated heterocycles. The van der Waals surface area contributed by atoms with Gasteiger partial charge in [0.2, 0.25) is 5.79 Å². The molecule has 0 saturated carbocycles. The van der Waals surface area contributed by atoms with Crippen molar-refractivity contribution in [3.8, 4) is 5.75 Å². The van der Waals surface area contributed by atoms with Crippen LogP contribution in [0.1, 0.15) is 33.3 Å². The van der Waals surface area contributed by atoms with E-state index in [0.717, 1.165) is 33.8 Å². The highest BCUT2D eigenvalue weighted by atomic mass is 16.8. The molecular weight excluding hydrogens is 632 g/mol. The van der Waals surface area contributed by atoms with Crippen molar-refractivity contribution in [1.29, 1.82) is 0 Å². The molecule has 3 rings (SSSR count). The Kier molecular flexibility index (Phi) is 13.2. The molecule has 47 heavy (non-hydrogen) atoms. The molecule has 2 aliphatic heterocycles. The van der Waals surface area contributed by atoms with Gasteiger partial charge in [0, 0.05) is 33.8 Å². The van der Waals surface area contributed by atoms with Gasteiger partial charge in [0.25, 0.3) is 0 Å². The number of hydrogen-bond donors (Lipinski definition) is 4. The highest BCUT2D eigenvalue weighted by Crippen LogP contribution is 2.36. The van der Waals surface area contributed by atoms with Crippen molar-refractivity contribution < 1.29 is 82.3 Å². The van der Waals surface area contributed by atoms with Crippen LogP contribution in [-0.4, -0.2) is 131 Å². The first kappa shape index (κ1) is 37.3. The zero-order valence-electron chi connectivity index (χ0n) is 26.0. The Morgan fingerprint density at radius 2 is 1.34 bits per heavy atom. The maximum Gasteiger partial charge on any atom is 0.330 e. The van der Waals surface area contributed by atoms with Crippen LogP contribution in [0.4, 0.5) is 0 Å². The van der Waals surface area contributed by atoms with E-state index in [1.807, 2.05) is 0 Å². The van der Waals surface area contributed by atoms with Crippen LogP contribution in [0, 0.1) is 0 Å². The van der Waals surface area contributed by atoms with Crippen LogP contribution in [0.5, 0.6) is 5.75 Å². The molecule has 0 unspecified atom stereocenters. The summed E-state index contributed by atoms with van der Waals surface area (Å²) in [6, 6.07) is 5.94. The van der Waals surface area contributed by atoms with Gasteiger partial charge < -0.3 is 58.3 Å². The summed E-state index contributed by atoms with van der Waals surface area (Å²) in [5.41, 5.74) is 0.579. The molecule has 1 aromatic rings. The molecule has 17 heteroatoms. The van der Waals surface area contributed by atoms with E-state index in [1.54, 1.807) is 12.1 Å². The van der Waals surface area contributed by atoms with Gasteiger partial charge in [-0.1, -0.05) is 12.1 Å². The second-order valence-corrected chi connectivity index (χ2v) is 10.7. The molecule has 2 aliphatic rings. The third kappa shape index (κ3) is 10.2. The van der Waals surface area contributed by atoms with Gasteiger partial charge in [-0.2, -0.15) is 0 Å². The number of carbonyl (C=O) groups excluding carboxylic acids is 5. The summed E-state index contributed by atoms with van der Waals surface area (Å²) in [4.78, 5) is 59.4. The Hall–Kier alpha value is -4.13. The molecule has 0 spiro atoms. The third-order valence-electron chi connectivity index (χ3n) is 7.00. The van der Waals surface area contributed by atoms with Gasteiger partial charge in [-0.05, 0) is 23.8 Å². The van der Waals surface area contributed by atoms with Crippen molar-refractivity contribution in [2.24, 2.45) is 0 Å². The van der Waals surface area contributed by atoms with E-state index in [0.29, 0.717) is 5.56 Å². The fourth-order valence-corrected chi connectivity index (χ4v) is 4.92. The summed E-state index contributed by atoms with van der Waals surface area (Å²) in [5.74, 6) is -6.32. The smallest absolute Gasteiger partial charge is 0.330 e. The quantitative estimate of drug-likeness (QED) is 0.111. The van der Waals surface area contributed by atoms with Crippen molar-refractivity contribution in [3.63, 3.8) is 0 Å². The molecule has 0 aliphatic carbocycles. The fourth-order valence-electron chi connectivity index (χ4n) is 4.92. The maximum atomic E-state index is 12.4. The van der Waals surface area contributed by atoms with Gasteiger partial charge in [0.1, 0.15) is 56.1 Å². The largest absolute Gasteiger partial charge is 0.508 e. The van der Waals surface area contributed by atoms with Gasteiger partial charge in [-0.15, -0.1) is 0 Å². The lowest BCUT2D eigenvalue weighted by Crippen LogP contribution is -2.63. The fraction of sp³-hybridized carbons (Fsp3) is 0.567. The van der Waals surface area contributed by atoms with Crippen molar-refractivity contribution in [3.05, 3.63) is 35.9 Å². The van der Waals surface area contributed by atoms with E-state index in [4.69, 9.17) is 37.9 Å². The van der Waals surface area contributed by atoms with E-state index < -0.39 is 111 Å². The number of hydrogen-bond acceptors (Lipinski definition) is 17. The number of ether oxygens (including phenoxy) is 8. The topological polar surface area (TPSA) is 240 Å². The molecule has 9 atom stereocenters. The number of benzene rings is 1. The summed E-state index contributed by atoms with van der Waals surface area (Å²) >= 11 is 0. The third-order valence-corrected chi connectivity index (χ3v) is 7.00. The molecule has 0 bridgehead atoms. The number of phenolic OH excluding ortho intramolecular Hbond substituents is 1. The summed E-state index contributed by atoms with van der Waals surface area (Å²) in [6.45, 7) is 1.54. The Morgan fingerprint density at radius 1 is 0.766 bits per heavy atom. The number of rotatable bonds is 13. The predicted molar refractivity (Wildman–Crippen MR) is 153 cm³/mol. The summed E-state index contributed by atoms with van der Waals surface area (Å²) in [7, 11) is 0. The zero-order valence-corrected chi connectivity index (χ0v) is 26.0. The molecule has 0 amide bonds. The average Bonchev–Trinajstić information content (AvgIpc) is 3.26. The summed E-state index contributed by atoms with van der Waals surface area (Å²) in [5, 5.41) is 41.9. The highest BCUT2D eigenvalue weighted by Gasteiger charge is 2.59. The monoisotopic (exact) mass is 670 g/mol. The van der Waals surface area contributed by atoms with Crippen LogP contribution in [0.15, 0.2) is 30.3 Å². The van der Waals surface area contributed by atoms with Crippen LogP contribution in [0.25, 0.3) is 6.08 Å². The van der Waals surface area contributed by atoms with Crippen LogP contribution in [0.3, 0.4) is 0 Å². The van der Waals surface area contributed by atoms with Gasteiger partial charge in [-0.25, -0.2) is 4.79 Å². The van der Waals surface area contributed by atoms with E-state index in [-0.39, 0.29) is 5.75 Å². The number of aliphatic hydroxyl groups is 3. The lowest BCUT2D eigenvalue weighted by Gasteiger charge is -2.44. The van der Waals surface area contributed by atoms with Gasteiger partial charge in [0.05, 0.1) is 6.61 Å². The van der Waals surface area contributed by atoms with Gasteiger partial charge in [-0.3, -0.25) is 19.2 Å². The summed E-state index contributed by atoms with van der Waals surface area (Å²) < 4.78 is 43.1. The van der Waals surface area contributed by atoms with E-state index in [1.165, 1.54) is 18.2 Å². The normalized spacial score (nSPS) is 30.4. The van der Waals surface area contributed by atoms with Crippen LogP contribution < -0.4 is 0 Å². The van der Waals surface area contributed by atoms with Gasteiger partial charge >= 0.3 is 29.8 Å². The van der Waals surface area contributed by atoms with Crippen molar-refractivity contribution in [2.45, 2.75) is 82.3 Å². The lowest BCUT2D eigenvalue weighted by molar-refractivity contribution is -0.305. The predicted octanol–water partition coefficient (Wildman–Crippen LogP) is -1.10. The second-order valence-electron chi connectivity index (χ2n) is 10.7. The van der Waals surface area contributed by atoms with Crippen LogP contribution in [0.2, 0.25) is 0 Å². The SMILES string of the molecule is CC(=O)OC[C@@H]1O[C@H](CO[C@@]2(CO)O[C@H](COC(=O)C=Cc3ccc(O)cc3)[C@H](OC(C)=O)[C@H]2O)[C@H](O)[C@@H](OC(C)=O)[C@@H]1OC(C)=O. The lowest BCUT2D eigenvalue weighted by atomic mass is 9.94. The number of aromatic hydroxyl groups is 1. The standard InChI is InChI=1S/C30H38O17/c1-15(32)40-11-22-26(43-16(2)33)28(45-18(4)35)25(38)21(46-22)13-42-30(14-31)29(39)27(44-17(3)34)23(47-30)12-41-24(37)10-7-19-5-8-20(36)9-6-19/h5-10,21-23,25-29,31,36,38-39H,11-14H2,1-4H3/t21-,22+,23-,25+,26-,27+,28-,29-,30+/m1/s1. The molecule has 0 radical (unpaired) electrons. The number of phenols is 1. The Bertz CT molecular complexity index is 1300. The Balaban J connectivity index is 1.77. The molecule has 2 heterocycles. The zero-order chi connectivity index (χ0) is 34.9. The highest BCUT2D eigenvalue weighted by molar-refractivity contribution is 5.87. The first-order chi connectivity index (χ1) is 22.1. The molecule has 0 aromatic heterocycles. The second kappa shape index (κ2) is 16.6. The molecule has 4 N–H and O–H groups in total. The number of carbonyl (C=O) groups is 5. The van der Waals surface area contributed by atoms with Crippen LogP contribution >= 0.6 is 0 Å². The van der Waals surface area contributed by atoms with Crippen molar-refractivity contribution >= 4 is 35.9 Å². The Labute approximate surface area is 268 Å². The van der Waals surface area contributed by atoms with E-state index >= 15 is 0 Å². The molecule has 260 valence electrons. The minimum absolute atomic E-state index is 0.0366. The summed E-state index contributed by atoms with van der Waals surface area (Å²) in [6.07, 6.45) is -9.52. The Morgan fingerprint density at radius 3 is 1.91 bits per heavy atom. The number of aliphatic hydroxyl groups excluding tert-OH is 3. The molecular formula is C30H38O17. The average molecular weight is 671 g/mol. The van der Waals surface area contributed by atoms with E-state index in [9.17, 15) is 44.4 Å². The number of esters is 5. The molecule has 17 nitrogen and oxygen atoms in total. The maximum absolute atomic E-state index is 12.4. The minimum atomic E-state index is -2.31. The first-order valence-corrected chi connectivity index (χ1v) is 14.4. The van der Waals surface area contributed by atoms with Crippen molar-refractivity contribution in [2.75, 3.05) is 26.4 Å². The van der Waals surface area contributed by atoms with Gasteiger partial charge in [0.15, 0.2) is 18.3 Å². The van der Waals surface area contributed by atoms with Crippen molar-refractivity contribution in [1.82, 2.24) is 0 Å². The minimum Gasteiger partial charge on any atom is -0.508 e. The molecule has 1 aromatic carbocycles. The first-order valence-electron chi connectivity index (χ1n) is 14.4. The van der Waals surface area contributed by atoms with E-state index in [2.05, 4.69) is 0 Å².